The van der Waals surface area contributed by atoms with Gasteiger partial charge in [-0.1, -0.05) is 6.92 Å². The maximum atomic E-state index is 11.3. The maximum absolute atomic E-state index is 11.3. The smallest absolute Gasteiger partial charge is 0.343 e. The zero-order valence-electron chi connectivity index (χ0n) is 10.5. The fraction of sp³-hybridized carbons (Fsp3) is 0.364. The van der Waals surface area contributed by atoms with E-state index in [-0.39, 0.29) is 32.6 Å². The summed E-state index contributed by atoms with van der Waals surface area (Å²) in [5.41, 5.74) is -0.612. The van der Waals surface area contributed by atoms with Crippen molar-refractivity contribution in [1.82, 2.24) is 0 Å². The van der Waals surface area contributed by atoms with E-state index in [1.54, 1.807) is 29.5 Å². The summed E-state index contributed by atoms with van der Waals surface area (Å²) in [6.07, 6.45) is 0.257. The molecule has 1 rings (SSSR count). The first kappa shape index (κ1) is 15.5. The van der Waals surface area contributed by atoms with E-state index in [1.165, 1.54) is 14.2 Å². The lowest BCUT2D eigenvalue weighted by Gasteiger charge is -2.16. The molecule has 0 atom stereocenters. The third kappa shape index (κ3) is 2.57. The molecule has 0 aliphatic heterocycles. The minimum atomic E-state index is -1.37. The molecule has 0 spiro atoms. The zero-order valence-corrected chi connectivity index (χ0v) is 12.7. The lowest BCUT2D eigenvalue weighted by Crippen LogP contribution is -2.11. The van der Waals surface area contributed by atoms with Gasteiger partial charge in [0.2, 0.25) is 0 Å². The van der Waals surface area contributed by atoms with E-state index >= 15 is 0 Å². The molecule has 0 unspecified atom stereocenters. The zero-order chi connectivity index (χ0) is 14.7. The van der Waals surface area contributed by atoms with Crippen LogP contribution in [0, 0.1) is 13.7 Å². The fourth-order valence-electron chi connectivity index (χ4n) is 1.84. The monoisotopic (exact) mass is 381 g/mol. The third-order valence-electron chi connectivity index (χ3n) is 2.58. The Morgan fingerprint density at radius 2 is 1.89 bits per heavy atom. The average Bonchev–Trinajstić information content (AvgIpc) is 2.35. The Labute approximate surface area is 122 Å². The Bertz CT molecular complexity index is 543. The summed E-state index contributed by atoms with van der Waals surface area (Å²) < 4.78 is 10.4. The van der Waals surface area contributed by atoms with Gasteiger partial charge in [-0.2, -0.15) is 0 Å². The van der Waals surface area contributed by atoms with Gasteiger partial charge in [0.25, 0.3) is 5.69 Å². The highest BCUT2D eigenvalue weighted by Crippen LogP contribution is 2.44. The highest BCUT2D eigenvalue weighted by Gasteiger charge is 2.34. The number of hydrogen-bond donors (Lipinski definition) is 1. The molecule has 104 valence electrons. The molecule has 7 nitrogen and oxygen atoms in total. The molecule has 1 aromatic rings. The summed E-state index contributed by atoms with van der Waals surface area (Å²) >= 11 is 1.71. The summed E-state index contributed by atoms with van der Waals surface area (Å²) in [6, 6.07) is 0. The summed E-state index contributed by atoms with van der Waals surface area (Å²) in [5, 5.41) is 20.4. The number of carboxylic acid groups (broad SMARTS) is 1. The number of methoxy groups -OCH3 is 2. The van der Waals surface area contributed by atoms with Gasteiger partial charge in [0.1, 0.15) is 0 Å². The molecule has 0 aromatic heterocycles. The Balaban J connectivity index is 3.93. The molecule has 0 radical (unpaired) electrons. The van der Waals surface area contributed by atoms with E-state index < -0.39 is 16.6 Å². The van der Waals surface area contributed by atoms with Crippen molar-refractivity contribution in [1.29, 1.82) is 0 Å². The van der Waals surface area contributed by atoms with E-state index in [9.17, 15) is 20.0 Å². The molecule has 0 bridgehead atoms. The molecule has 0 amide bonds. The van der Waals surface area contributed by atoms with Crippen LogP contribution in [-0.4, -0.2) is 30.2 Å². The summed E-state index contributed by atoms with van der Waals surface area (Å²) in [6.45, 7) is 1.68. The Hall–Kier alpha value is -1.58. The maximum Gasteiger partial charge on any atom is 0.343 e. The van der Waals surface area contributed by atoms with Crippen molar-refractivity contribution in [3.8, 4) is 11.5 Å². The normalized spacial score (nSPS) is 10.1. The van der Waals surface area contributed by atoms with E-state index in [0.717, 1.165) is 0 Å². The molecule has 1 aromatic carbocycles. The van der Waals surface area contributed by atoms with Crippen LogP contribution in [0.1, 0.15) is 22.8 Å². The Kier molecular flexibility index (Phi) is 4.92. The van der Waals surface area contributed by atoms with Crippen LogP contribution in [0.4, 0.5) is 5.69 Å². The predicted octanol–water partition coefficient (Wildman–Crippen LogP) is 2.48. The topological polar surface area (TPSA) is 98.9 Å². The largest absolute Gasteiger partial charge is 0.492 e. The minimum absolute atomic E-state index is 0.147. The van der Waals surface area contributed by atoms with Crippen LogP contribution in [0.3, 0.4) is 0 Å². The Morgan fingerprint density at radius 3 is 2.21 bits per heavy atom. The Morgan fingerprint density at radius 1 is 1.37 bits per heavy atom. The standard InChI is InChI=1S/C11H12INO6/c1-4-5-8(13(16)17)6(11(14)15)7(12)10(19-3)9(5)18-2/h4H2,1-3H3,(H,14,15). The second kappa shape index (κ2) is 6.04. The van der Waals surface area contributed by atoms with Gasteiger partial charge in [-0.25, -0.2) is 4.79 Å². The highest BCUT2D eigenvalue weighted by molar-refractivity contribution is 14.1. The number of halogens is 1. The van der Waals surface area contributed by atoms with Crippen LogP contribution in [-0.2, 0) is 6.42 Å². The van der Waals surface area contributed by atoms with Gasteiger partial charge in [-0.05, 0) is 29.0 Å². The molecule has 19 heavy (non-hydrogen) atoms. The lowest BCUT2D eigenvalue weighted by molar-refractivity contribution is -0.386. The van der Waals surface area contributed by atoms with Crippen molar-refractivity contribution in [3.05, 3.63) is 24.8 Å². The molecule has 0 saturated heterocycles. The number of carboxylic acids is 1. The number of carbonyl (C=O) groups is 1. The summed E-state index contributed by atoms with van der Waals surface area (Å²) in [7, 11) is 2.72. The van der Waals surface area contributed by atoms with Crippen molar-refractivity contribution in [2.24, 2.45) is 0 Å². The molecule has 0 aliphatic rings. The number of benzene rings is 1. The second-order valence-corrected chi connectivity index (χ2v) is 4.58. The van der Waals surface area contributed by atoms with E-state index in [2.05, 4.69) is 0 Å². The van der Waals surface area contributed by atoms with Gasteiger partial charge in [0, 0.05) is 0 Å². The molecular weight excluding hydrogens is 369 g/mol. The van der Waals surface area contributed by atoms with Crippen LogP contribution in [0.25, 0.3) is 0 Å². The summed E-state index contributed by atoms with van der Waals surface area (Å²) in [4.78, 5) is 21.7. The van der Waals surface area contributed by atoms with Crippen molar-refractivity contribution in [2.75, 3.05) is 14.2 Å². The predicted molar refractivity (Wildman–Crippen MR) is 75.3 cm³/mol. The minimum Gasteiger partial charge on any atom is -0.492 e. The fourth-order valence-corrected chi connectivity index (χ4v) is 2.79. The van der Waals surface area contributed by atoms with E-state index in [1.807, 2.05) is 0 Å². The number of rotatable bonds is 5. The number of nitro groups is 1. The molecule has 0 heterocycles. The van der Waals surface area contributed by atoms with Gasteiger partial charge in [0.15, 0.2) is 17.1 Å². The van der Waals surface area contributed by atoms with Crippen molar-refractivity contribution in [3.63, 3.8) is 0 Å². The number of nitrogens with zero attached hydrogens (tertiary/aromatic N) is 1. The van der Waals surface area contributed by atoms with Crippen LogP contribution in [0.15, 0.2) is 0 Å². The molecule has 0 fully saturated rings. The SMILES string of the molecule is CCc1c(OC)c(OC)c(I)c(C(=O)O)c1[N+](=O)[O-]. The van der Waals surface area contributed by atoms with Gasteiger partial charge in [0.05, 0.1) is 28.3 Å². The molecule has 8 heteroatoms. The van der Waals surface area contributed by atoms with E-state index in [0.29, 0.717) is 0 Å². The van der Waals surface area contributed by atoms with E-state index in [4.69, 9.17) is 9.47 Å². The van der Waals surface area contributed by atoms with Crippen molar-refractivity contribution >= 4 is 34.2 Å². The van der Waals surface area contributed by atoms with Crippen LogP contribution in [0.5, 0.6) is 11.5 Å². The number of ether oxygens (including phenoxy) is 2. The first-order valence-corrected chi connectivity index (χ1v) is 6.32. The number of aromatic carboxylic acids is 1. The molecule has 0 aliphatic carbocycles. The first-order chi connectivity index (χ1) is 8.90. The molecule has 0 saturated carbocycles. The van der Waals surface area contributed by atoms with Crippen LogP contribution >= 0.6 is 22.6 Å². The number of nitro benzene ring substituents is 1. The highest BCUT2D eigenvalue weighted by atomic mass is 127. The quantitative estimate of drug-likeness (QED) is 0.478. The van der Waals surface area contributed by atoms with Crippen molar-refractivity contribution < 1.29 is 24.3 Å². The molecular formula is C11H12INO6. The van der Waals surface area contributed by atoms with Crippen LogP contribution in [0.2, 0.25) is 0 Å². The van der Waals surface area contributed by atoms with Crippen LogP contribution < -0.4 is 9.47 Å². The van der Waals surface area contributed by atoms with Gasteiger partial charge in [-0.3, -0.25) is 10.1 Å². The van der Waals surface area contributed by atoms with Crippen molar-refractivity contribution in [2.45, 2.75) is 13.3 Å². The number of hydrogen-bond acceptors (Lipinski definition) is 5. The second-order valence-electron chi connectivity index (χ2n) is 3.50. The molecule has 1 N–H and O–H groups in total. The van der Waals surface area contributed by atoms with Gasteiger partial charge >= 0.3 is 5.97 Å². The third-order valence-corrected chi connectivity index (χ3v) is 3.61. The average molecular weight is 381 g/mol. The summed E-state index contributed by atoms with van der Waals surface area (Å²) in [5.74, 6) is -0.971. The lowest BCUT2D eigenvalue weighted by atomic mass is 10.0. The van der Waals surface area contributed by atoms with Gasteiger partial charge in [-0.15, -0.1) is 0 Å². The van der Waals surface area contributed by atoms with Gasteiger partial charge < -0.3 is 14.6 Å². The first-order valence-electron chi connectivity index (χ1n) is 5.24.